The monoisotopic (exact) mass is 492 g/mol. The van der Waals surface area contributed by atoms with Crippen LogP contribution in [0.4, 0.5) is 4.79 Å². The highest BCUT2D eigenvalue weighted by atomic mass is 16.6. The largest absolute Gasteiger partial charge is 0.464 e. The smallest absolute Gasteiger partial charge is 0.411 e. The van der Waals surface area contributed by atoms with Crippen LogP contribution >= 0.6 is 0 Å². The molecule has 190 valence electrons. The minimum atomic E-state index is -1.23. The Balaban J connectivity index is 2.24. The van der Waals surface area contributed by atoms with Crippen molar-refractivity contribution in [3.63, 3.8) is 0 Å². The number of fused-ring (bicyclic) bond motifs is 1. The van der Waals surface area contributed by atoms with E-state index < -0.39 is 59.5 Å². The van der Waals surface area contributed by atoms with Gasteiger partial charge in [0.25, 0.3) is 5.56 Å². The molecule has 0 spiro atoms. The van der Waals surface area contributed by atoms with Gasteiger partial charge in [0.15, 0.2) is 12.2 Å². The molecule has 0 bridgehead atoms. The van der Waals surface area contributed by atoms with E-state index in [0.717, 1.165) is 13.8 Å². The maximum absolute atomic E-state index is 13.5. The van der Waals surface area contributed by atoms with Gasteiger partial charge in [-0.15, -0.1) is 0 Å². The van der Waals surface area contributed by atoms with Gasteiger partial charge in [-0.25, -0.2) is 9.78 Å². The molecule has 1 aliphatic rings. The summed E-state index contributed by atoms with van der Waals surface area (Å²) in [7, 11) is 0. The quantitative estimate of drug-likeness (QED) is 0.458. The first-order valence-corrected chi connectivity index (χ1v) is 10.8. The molecular formula is C22H28N4O9. The minimum absolute atomic E-state index is 0.126. The molecule has 13 heteroatoms. The molecule has 1 aliphatic heterocycles. The van der Waals surface area contributed by atoms with E-state index in [4.69, 9.17) is 18.9 Å². The van der Waals surface area contributed by atoms with E-state index in [2.05, 4.69) is 15.0 Å². The summed E-state index contributed by atoms with van der Waals surface area (Å²) >= 11 is 0. The van der Waals surface area contributed by atoms with Gasteiger partial charge in [-0.05, 0) is 20.8 Å². The lowest BCUT2D eigenvalue weighted by atomic mass is 10.0. The number of nitrogens with one attached hydrogen (secondary N) is 2. The second-order valence-corrected chi connectivity index (χ2v) is 9.05. The van der Waals surface area contributed by atoms with Crippen LogP contribution in [-0.2, 0) is 33.3 Å². The maximum atomic E-state index is 13.5. The van der Waals surface area contributed by atoms with Crippen molar-refractivity contribution in [2.45, 2.75) is 71.4 Å². The third-order valence-electron chi connectivity index (χ3n) is 5.15. The van der Waals surface area contributed by atoms with Gasteiger partial charge < -0.3 is 28.9 Å². The van der Waals surface area contributed by atoms with E-state index >= 15 is 0 Å². The number of amides is 1. The fourth-order valence-corrected chi connectivity index (χ4v) is 4.05. The van der Waals surface area contributed by atoms with Gasteiger partial charge in [-0.1, -0.05) is 0 Å². The van der Waals surface area contributed by atoms with E-state index in [-0.39, 0.29) is 17.6 Å². The molecule has 0 radical (unpaired) electrons. The molecule has 2 N–H and O–H groups in total. The summed E-state index contributed by atoms with van der Waals surface area (Å²) < 4.78 is 21.8. The first kappa shape index (κ1) is 25.7. The number of H-pyrrole nitrogens is 2. The molecule has 4 unspecified atom stereocenters. The summed E-state index contributed by atoms with van der Waals surface area (Å²) in [6, 6.07) is -2.19. The number of rotatable bonds is 5. The molecule has 3 heterocycles. The fraction of sp³-hybridized carbons (Fsp3) is 0.545. The molecule has 1 saturated heterocycles. The summed E-state index contributed by atoms with van der Waals surface area (Å²) in [5.74, 6) is -2.05. The first-order valence-electron chi connectivity index (χ1n) is 10.8. The summed E-state index contributed by atoms with van der Waals surface area (Å²) in [4.78, 5) is 72.1. The predicted molar refractivity (Wildman–Crippen MR) is 119 cm³/mol. The number of hydrogen-bond acceptors (Lipinski definition) is 10. The molecule has 1 fully saturated rings. The standard InChI is InChI=1S/C22H28N4O9/c1-10(27)32-8-14-18(33-11(2)28)19(34-12(3)29)17(26(14)21(31)35-22(4,5)6)13-7-23-16-15(13)24-9-25-20(16)30/h7,9,14,17-19,23H,8H2,1-6H3,(H,24,25,30). The van der Waals surface area contributed by atoms with Gasteiger partial charge in [0, 0.05) is 32.5 Å². The van der Waals surface area contributed by atoms with Crippen LogP contribution in [0.2, 0.25) is 0 Å². The van der Waals surface area contributed by atoms with E-state index in [9.17, 15) is 24.0 Å². The summed E-state index contributed by atoms with van der Waals surface area (Å²) in [6.07, 6.45) is -0.657. The lowest BCUT2D eigenvalue weighted by Crippen LogP contribution is -2.47. The topological polar surface area (TPSA) is 170 Å². The summed E-state index contributed by atoms with van der Waals surface area (Å²) in [5.41, 5.74) is -0.731. The molecule has 2 aromatic heterocycles. The molecule has 0 aromatic carbocycles. The lowest BCUT2D eigenvalue weighted by molar-refractivity contribution is -0.165. The van der Waals surface area contributed by atoms with Crippen molar-refractivity contribution in [3.8, 4) is 0 Å². The highest BCUT2D eigenvalue weighted by Crippen LogP contribution is 2.43. The zero-order valence-electron chi connectivity index (χ0n) is 20.2. The number of likely N-dealkylation sites (tertiary alicyclic amines) is 1. The predicted octanol–water partition coefficient (Wildman–Crippen LogP) is 1.34. The molecule has 35 heavy (non-hydrogen) atoms. The molecule has 13 nitrogen and oxygen atoms in total. The Morgan fingerprint density at radius 1 is 1.00 bits per heavy atom. The van der Waals surface area contributed by atoms with Crippen molar-refractivity contribution in [1.29, 1.82) is 0 Å². The van der Waals surface area contributed by atoms with Crippen molar-refractivity contribution in [2.75, 3.05) is 6.61 Å². The molecular weight excluding hydrogens is 464 g/mol. The first-order chi connectivity index (χ1) is 16.3. The highest BCUT2D eigenvalue weighted by molar-refractivity contribution is 5.80. The van der Waals surface area contributed by atoms with Crippen LogP contribution in [0, 0.1) is 0 Å². The van der Waals surface area contributed by atoms with Crippen LogP contribution in [0.3, 0.4) is 0 Å². The molecule has 0 saturated carbocycles. The molecule has 3 rings (SSSR count). The van der Waals surface area contributed by atoms with Gasteiger partial charge >= 0.3 is 24.0 Å². The second-order valence-electron chi connectivity index (χ2n) is 9.05. The van der Waals surface area contributed by atoms with E-state index in [1.54, 1.807) is 20.8 Å². The van der Waals surface area contributed by atoms with Crippen molar-refractivity contribution in [3.05, 3.63) is 28.4 Å². The molecule has 2 aromatic rings. The Kier molecular flexibility index (Phi) is 7.17. The number of carbonyl (C=O) groups excluding carboxylic acids is 4. The molecule has 1 amide bonds. The van der Waals surface area contributed by atoms with Crippen LogP contribution in [0.15, 0.2) is 17.3 Å². The van der Waals surface area contributed by atoms with Gasteiger partial charge in [-0.3, -0.25) is 24.1 Å². The molecule has 0 aliphatic carbocycles. The van der Waals surface area contributed by atoms with Crippen molar-refractivity contribution in [2.24, 2.45) is 0 Å². The summed E-state index contributed by atoms with van der Waals surface area (Å²) in [5, 5.41) is 0. The van der Waals surface area contributed by atoms with Gasteiger partial charge in [-0.2, -0.15) is 0 Å². The third kappa shape index (κ3) is 5.61. The maximum Gasteiger partial charge on any atom is 0.411 e. The molecule has 4 atom stereocenters. The van der Waals surface area contributed by atoms with Crippen LogP contribution < -0.4 is 5.56 Å². The van der Waals surface area contributed by atoms with Crippen LogP contribution in [0.25, 0.3) is 11.0 Å². The lowest BCUT2D eigenvalue weighted by Gasteiger charge is -2.32. The fourth-order valence-electron chi connectivity index (χ4n) is 4.05. The van der Waals surface area contributed by atoms with Gasteiger partial charge in [0.05, 0.1) is 6.33 Å². The zero-order valence-corrected chi connectivity index (χ0v) is 20.2. The average molecular weight is 492 g/mol. The number of hydrogen-bond donors (Lipinski definition) is 2. The van der Waals surface area contributed by atoms with Crippen LogP contribution in [-0.4, -0.2) is 74.3 Å². The SMILES string of the molecule is CC(=O)OCC1C(OC(C)=O)C(OC(C)=O)C(c2c[nH]c3c(=O)[nH]cnc23)N1C(=O)OC(C)(C)C. The Labute approximate surface area is 200 Å². The Bertz CT molecular complexity index is 1200. The number of aromatic nitrogens is 3. The number of nitrogens with zero attached hydrogens (tertiary/aromatic N) is 2. The van der Waals surface area contributed by atoms with Gasteiger partial charge in [0.1, 0.15) is 35.3 Å². The van der Waals surface area contributed by atoms with E-state index in [1.807, 2.05) is 0 Å². The van der Waals surface area contributed by atoms with Gasteiger partial charge in [0.2, 0.25) is 0 Å². The van der Waals surface area contributed by atoms with Crippen LogP contribution in [0.1, 0.15) is 53.1 Å². The Morgan fingerprint density at radius 3 is 2.20 bits per heavy atom. The Hall–Kier alpha value is -3.90. The zero-order chi connectivity index (χ0) is 26.1. The van der Waals surface area contributed by atoms with E-state index in [0.29, 0.717) is 5.56 Å². The number of ether oxygens (including phenoxy) is 4. The second kappa shape index (κ2) is 9.76. The summed E-state index contributed by atoms with van der Waals surface area (Å²) in [6.45, 7) is 8.12. The highest BCUT2D eigenvalue weighted by Gasteiger charge is 2.57. The van der Waals surface area contributed by atoms with E-state index in [1.165, 1.54) is 24.3 Å². The number of esters is 3. The van der Waals surface area contributed by atoms with Crippen molar-refractivity contribution >= 4 is 35.0 Å². The normalized spacial score (nSPS) is 22.1. The number of carbonyl (C=O) groups is 4. The Morgan fingerprint density at radius 2 is 1.63 bits per heavy atom. The third-order valence-corrected chi connectivity index (χ3v) is 5.15. The average Bonchev–Trinajstić information content (AvgIpc) is 3.25. The van der Waals surface area contributed by atoms with Crippen molar-refractivity contribution < 1.29 is 38.1 Å². The van der Waals surface area contributed by atoms with Crippen molar-refractivity contribution in [1.82, 2.24) is 19.9 Å². The van der Waals surface area contributed by atoms with Crippen LogP contribution in [0.5, 0.6) is 0 Å². The number of aromatic amines is 2. The minimum Gasteiger partial charge on any atom is -0.464 e.